The molecule has 22 nitrogen and oxygen atoms in total. The van der Waals surface area contributed by atoms with Gasteiger partial charge in [-0.1, -0.05) is 12.1 Å². The van der Waals surface area contributed by atoms with Gasteiger partial charge in [-0.25, -0.2) is 8.42 Å². The average Bonchev–Trinajstić information content (AvgIpc) is 3.92. The summed E-state index contributed by atoms with van der Waals surface area (Å²) in [6, 6.07) is 10.1. The monoisotopic (exact) mass is 1040 g/mol. The quantitative estimate of drug-likeness (QED) is 0.0273. The third-order valence-electron chi connectivity index (χ3n) is 11.9. The first-order valence-electron chi connectivity index (χ1n) is 23.4. The molecular weight excluding hydrogens is 979 g/mol. The van der Waals surface area contributed by atoms with Crippen LogP contribution < -0.4 is 41.0 Å². The van der Waals surface area contributed by atoms with Crippen LogP contribution in [0.1, 0.15) is 64.1 Å². The second-order valence-corrected chi connectivity index (χ2v) is 20.4. The smallest absolute Gasteiger partial charge is 0.266 e. The van der Waals surface area contributed by atoms with Gasteiger partial charge in [-0.15, -0.1) is 11.3 Å². The van der Waals surface area contributed by atoms with Gasteiger partial charge in [0, 0.05) is 62.3 Å². The van der Waals surface area contributed by atoms with Crippen LogP contribution in [0.25, 0.3) is 21.2 Å². The number of piperidine rings is 1. The summed E-state index contributed by atoms with van der Waals surface area (Å²) >= 11 is 1.30. The lowest BCUT2D eigenvalue weighted by Gasteiger charge is -2.27. The molecule has 6 amide bonds. The van der Waals surface area contributed by atoms with Crippen LogP contribution in [-0.2, 0) is 50.3 Å². The van der Waals surface area contributed by atoms with E-state index in [1.165, 1.54) is 41.2 Å². The van der Waals surface area contributed by atoms with E-state index in [0.717, 1.165) is 16.0 Å². The lowest BCUT2D eigenvalue weighted by molar-refractivity contribution is -0.136. The summed E-state index contributed by atoms with van der Waals surface area (Å²) in [6.45, 7) is 2.15. The first-order chi connectivity index (χ1) is 34.6. The van der Waals surface area contributed by atoms with Crippen LogP contribution in [0.2, 0.25) is 0 Å². The molecule has 5 heterocycles. The van der Waals surface area contributed by atoms with Gasteiger partial charge in [-0.05, 0) is 68.0 Å². The number of carbonyl (C=O) groups excluding carboxylic acids is 6. The number of rotatable bonds is 25. The predicted octanol–water partition coefficient (Wildman–Crippen LogP) is 1.69. The second kappa shape index (κ2) is 24.6. The minimum absolute atomic E-state index is 0.00264. The molecule has 386 valence electrons. The maximum atomic E-state index is 13.2. The lowest BCUT2D eigenvalue weighted by atomic mass is 10.0. The van der Waals surface area contributed by atoms with Gasteiger partial charge in [0.2, 0.25) is 11.8 Å². The third-order valence-corrected chi connectivity index (χ3v) is 14.8. The number of aromatic nitrogens is 1. The van der Waals surface area contributed by atoms with Crippen molar-refractivity contribution < 1.29 is 65.6 Å². The molecule has 1 unspecified atom stereocenters. The number of ether oxygens (including phenoxy) is 6. The highest BCUT2D eigenvalue weighted by molar-refractivity contribution is 7.91. The summed E-state index contributed by atoms with van der Waals surface area (Å²) in [5.74, 6) is -2.31. The Morgan fingerprint density at radius 1 is 0.792 bits per heavy atom. The normalized spacial score (nSPS) is 16.6. The van der Waals surface area contributed by atoms with Crippen LogP contribution in [0, 0.1) is 5.41 Å². The van der Waals surface area contributed by atoms with Crippen molar-refractivity contribution in [1.82, 2.24) is 30.7 Å². The summed E-state index contributed by atoms with van der Waals surface area (Å²) in [5.41, 5.74) is 1.27. The van der Waals surface area contributed by atoms with Crippen molar-refractivity contribution >= 4 is 72.5 Å². The zero-order valence-corrected chi connectivity index (χ0v) is 41.5. The number of imide groups is 2. The standard InChI is InChI=1S/C48H57N7O15S2/c1-54-26-33(43-32(46(54)60)25-38(71-43)44(49)52-30-12-22-72(63,64)23-13-30)29-8-10-35(37(24-29)65-2)69-27-40(57)50-14-4-16-66-18-20-68-21-19-67-17-5-15-51-41(58)28-70-36-7-3-6-31-42(36)48(62)55(47(31)61)34-9-11-39(56)53-45(34)59/h3,6-8,10,24-26,30,34H,4-5,9,11-23,27-28H2,1-2H3,(H2,49,52)(H,50,57)(H,51,58)(H,53,56,59). The van der Waals surface area contributed by atoms with E-state index in [9.17, 15) is 42.0 Å². The Hall–Kier alpha value is -6.73. The molecule has 0 saturated carbocycles. The molecule has 0 aliphatic carbocycles. The van der Waals surface area contributed by atoms with Crippen molar-refractivity contribution in [3.05, 3.63) is 75.0 Å². The zero-order chi connectivity index (χ0) is 51.4. The summed E-state index contributed by atoms with van der Waals surface area (Å²) in [6.07, 6.45) is 3.66. The molecule has 0 spiro atoms. The molecule has 72 heavy (non-hydrogen) atoms. The fourth-order valence-corrected chi connectivity index (χ4v) is 10.8. The molecule has 5 N–H and O–H groups in total. The molecule has 1 atom stereocenters. The average molecular weight is 1040 g/mol. The molecule has 2 aromatic carbocycles. The van der Waals surface area contributed by atoms with Crippen molar-refractivity contribution in [1.29, 1.82) is 5.41 Å². The van der Waals surface area contributed by atoms with E-state index < -0.39 is 52.0 Å². The predicted molar refractivity (Wildman–Crippen MR) is 263 cm³/mol. The Morgan fingerprint density at radius 3 is 2.07 bits per heavy atom. The molecule has 0 bridgehead atoms. The summed E-state index contributed by atoms with van der Waals surface area (Å²) in [5, 5.41) is 19.9. The van der Waals surface area contributed by atoms with Crippen LogP contribution in [0.3, 0.4) is 0 Å². The molecule has 4 aromatic rings. The molecule has 2 fully saturated rings. The Kier molecular flexibility index (Phi) is 18.1. The number of hydrogen-bond donors (Lipinski definition) is 5. The van der Waals surface area contributed by atoms with Crippen LogP contribution in [0.4, 0.5) is 0 Å². The SMILES string of the molecule is COc1cc(-c2cn(C)c(=O)c3cc(C(=N)NC4CCS(=O)(=O)CC4)sc23)ccc1OCC(=O)NCCCOCCOCCOCCCNC(=O)COc1cccc2c1C(=O)N(C1CCC(=O)NC1=O)C2=O. The van der Waals surface area contributed by atoms with Crippen LogP contribution in [0.15, 0.2) is 53.5 Å². The first-order valence-corrected chi connectivity index (χ1v) is 26.0. The Balaban J connectivity index is 0.715. The van der Waals surface area contributed by atoms with Gasteiger partial charge in [0.1, 0.15) is 27.5 Å². The highest BCUT2D eigenvalue weighted by Crippen LogP contribution is 2.38. The molecule has 3 aliphatic rings. The van der Waals surface area contributed by atoms with Gasteiger partial charge in [0.15, 0.2) is 24.7 Å². The summed E-state index contributed by atoms with van der Waals surface area (Å²) in [7, 11) is 0.0983. The zero-order valence-electron chi connectivity index (χ0n) is 39.8. The number of aryl methyl sites for hydroxylation is 1. The maximum Gasteiger partial charge on any atom is 0.266 e. The highest BCUT2D eigenvalue weighted by atomic mass is 32.2. The second-order valence-electron chi connectivity index (χ2n) is 17.1. The Bertz CT molecular complexity index is 2870. The number of nitrogens with zero attached hydrogens (tertiary/aromatic N) is 2. The number of benzene rings is 2. The van der Waals surface area contributed by atoms with Crippen molar-refractivity contribution in [2.75, 3.05) is 84.6 Å². The van der Waals surface area contributed by atoms with E-state index >= 15 is 0 Å². The van der Waals surface area contributed by atoms with E-state index in [0.29, 0.717) is 105 Å². The topological polar surface area (TPSA) is 289 Å². The number of sulfone groups is 1. The first kappa shape index (κ1) is 53.1. The molecule has 0 radical (unpaired) electrons. The Labute approximate surface area is 418 Å². The molecule has 2 saturated heterocycles. The number of hydrogen-bond acceptors (Lipinski definition) is 17. The fourth-order valence-electron chi connectivity index (χ4n) is 8.18. The highest BCUT2D eigenvalue weighted by Gasteiger charge is 2.46. The van der Waals surface area contributed by atoms with Crippen molar-refractivity contribution in [3.8, 4) is 28.4 Å². The molecule has 2 aromatic heterocycles. The minimum Gasteiger partial charge on any atom is -0.493 e. The molecule has 24 heteroatoms. The van der Waals surface area contributed by atoms with Crippen LogP contribution in [-0.4, -0.2) is 156 Å². The number of nitrogens with one attached hydrogen (secondary N) is 5. The lowest BCUT2D eigenvalue weighted by Crippen LogP contribution is -2.54. The van der Waals surface area contributed by atoms with Crippen LogP contribution in [0.5, 0.6) is 17.2 Å². The number of pyridine rings is 1. The van der Waals surface area contributed by atoms with Crippen molar-refractivity contribution in [2.24, 2.45) is 7.05 Å². The third kappa shape index (κ3) is 13.4. The number of amidine groups is 1. The van der Waals surface area contributed by atoms with E-state index in [1.807, 2.05) is 0 Å². The van der Waals surface area contributed by atoms with Gasteiger partial charge >= 0.3 is 0 Å². The van der Waals surface area contributed by atoms with Crippen molar-refractivity contribution in [2.45, 2.75) is 50.6 Å². The van der Waals surface area contributed by atoms with Gasteiger partial charge in [0.25, 0.3) is 29.2 Å². The molecular formula is C48H57N7O15S2. The molecule has 7 rings (SSSR count). The maximum absolute atomic E-state index is 13.2. The van der Waals surface area contributed by atoms with Crippen LogP contribution >= 0.6 is 11.3 Å². The largest absolute Gasteiger partial charge is 0.493 e. The van der Waals surface area contributed by atoms with E-state index in [-0.39, 0.29) is 71.2 Å². The Morgan fingerprint density at radius 2 is 1.43 bits per heavy atom. The number of fused-ring (bicyclic) bond motifs is 2. The van der Waals surface area contributed by atoms with Gasteiger partial charge in [-0.2, -0.15) is 0 Å². The number of thiophene rings is 1. The summed E-state index contributed by atoms with van der Waals surface area (Å²) < 4.78 is 59.6. The number of methoxy groups -OCH3 is 1. The number of carbonyl (C=O) groups is 6. The molecule has 3 aliphatic heterocycles. The number of amides is 6. The minimum atomic E-state index is -3.05. The van der Waals surface area contributed by atoms with Crippen molar-refractivity contribution in [3.63, 3.8) is 0 Å². The van der Waals surface area contributed by atoms with E-state index in [1.54, 1.807) is 37.5 Å². The van der Waals surface area contributed by atoms with Gasteiger partial charge < -0.3 is 48.9 Å². The fraction of sp³-hybridized carbons (Fsp3) is 0.458. The van der Waals surface area contributed by atoms with Gasteiger partial charge in [-0.3, -0.25) is 49.2 Å². The van der Waals surface area contributed by atoms with E-state index in [2.05, 4.69) is 21.3 Å². The van der Waals surface area contributed by atoms with Gasteiger partial charge in [0.05, 0.1) is 66.4 Å². The summed E-state index contributed by atoms with van der Waals surface area (Å²) in [4.78, 5) is 89.6. The van der Waals surface area contributed by atoms with E-state index in [4.69, 9.17) is 33.8 Å².